The van der Waals surface area contributed by atoms with Crippen LogP contribution in [0.3, 0.4) is 0 Å². The summed E-state index contributed by atoms with van der Waals surface area (Å²) in [5.74, 6) is -6.33. The van der Waals surface area contributed by atoms with E-state index in [1.165, 1.54) is 39.5 Å². The van der Waals surface area contributed by atoms with Crippen molar-refractivity contribution < 1.29 is 36.2 Å². The van der Waals surface area contributed by atoms with Crippen molar-refractivity contribution in [2.24, 2.45) is 0 Å². The molecule has 0 radical (unpaired) electrons. The summed E-state index contributed by atoms with van der Waals surface area (Å²) >= 11 is 0. The van der Waals surface area contributed by atoms with Crippen molar-refractivity contribution in [3.8, 4) is 17.8 Å². The van der Waals surface area contributed by atoms with Gasteiger partial charge in [0.2, 0.25) is 0 Å². The van der Waals surface area contributed by atoms with Crippen LogP contribution in [0.25, 0.3) is 0 Å². The van der Waals surface area contributed by atoms with Crippen LogP contribution >= 0.6 is 0 Å². The van der Waals surface area contributed by atoms with E-state index >= 15 is 0 Å². The number of halogens is 2. The normalized spacial score (nSPS) is 16.3. The van der Waals surface area contributed by atoms with Crippen molar-refractivity contribution in [1.29, 1.82) is 0 Å². The van der Waals surface area contributed by atoms with Gasteiger partial charge in [0.05, 0.1) is 27.0 Å². The topological polar surface area (TPSA) is 121 Å². The highest BCUT2D eigenvalue weighted by molar-refractivity contribution is 7.93. The highest BCUT2D eigenvalue weighted by Gasteiger charge is 2.49. The van der Waals surface area contributed by atoms with Crippen LogP contribution in [0.2, 0.25) is 0 Å². The number of benzene rings is 1. The molecular weight excluding hydrogens is 402 g/mol. The summed E-state index contributed by atoms with van der Waals surface area (Å²) in [6.45, 7) is 0. The number of hydrogen-bond acceptors (Lipinski definition) is 9. The number of carbonyl (C=O) groups is 1. The Morgan fingerprint density at radius 1 is 1.04 bits per heavy atom. The van der Waals surface area contributed by atoms with Gasteiger partial charge in [-0.25, -0.2) is 4.31 Å². The zero-order valence-electron chi connectivity index (χ0n) is 14.8. The van der Waals surface area contributed by atoms with E-state index in [4.69, 9.17) is 14.2 Å². The molecule has 1 aliphatic heterocycles. The molecule has 0 bridgehead atoms. The van der Waals surface area contributed by atoms with Crippen LogP contribution in [0.1, 0.15) is 17.3 Å². The molecule has 0 spiro atoms. The van der Waals surface area contributed by atoms with Crippen LogP contribution in [0.15, 0.2) is 18.2 Å². The highest BCUT2D eigenvalue weighted by Crippen LogP contribution is 2.44. The second-order valence-electron chi connectivity index (χ2n) is 5.43. The average molecular weight is 416 g/mol. The number of fused-ring (bicyclic) bond motifs is 1. The molecule has 1 aromatic heterocycles. The summed E-state index contributed by atoms with van der Waals surface area (Å²) in [5.41, 5.74) is -0.168. The molecule has 0 saturated carbocycles. The van der Waals surface area contributed by atoms with Gasteiger partial charge in [-0.1, -0.05) is 0 Å². The van der Waals surface area contributed by atoms with Gasteiger partial charge < -0.3 is 14.2 Å². The molecule has 0 aliphatic carbocycles. The molecule has 3 rings (SSSR count). The van der Waals surface area contributed by atoms with Crippen LogP contribution in [-0.2, 0) is 14.8 Å². The Morgan fingerprint density at radius 2 is 1.64 bits per heavy atom. The lowest BCUT2D eigenvalue weighted by atomic mass is 9.99. The number of carbonyl (C=O) groups excluding carboxylic acids is 1. The molecular formula is C15H14F2N4O6S. The molecule has 0 fully saturated rings. The lowest BCUT2D eigenvalue weighted by molar-refractivity contribution is -0.117. The number of anilines is 1. The first-order valence-corrected chi connectivity index (χ1v) is 9.13. The number of sulfonamides is 1. The summed E-state index contributed by atoms with van der Waals surface area (Å²) in [4.78, 5) is 24.6. The molecule has 1 unspecified atom stereocenters. The van der Waals surface area contributed by atoms with Gasteiger partial charge in [0.25, 0.3) is 5.91 Å². The summed E-state index contributed by atoms with van der Waals surface area (Å²) < 4.78 is 65.5. The van der Waals surface area contributed by atoms with E-state index in [0.29, 0.717) is 0 Å². The Hall–Kier alpha value is -3.09. The molecule has 0 saturated heterocycles. The Bertz CT molecular complexity index is 1010. The molecule has 1 aromatic carbocycles. The zero-order chi connectivity index (χ0) is 20.6. The molecule has 2 aromatic rings. The molecule has 1 aliphatic rings. The van der Waals surface area contributed by atoms with Gasteiger partial charge in [-0.2, -0.15) is 27.2 Å². The zero-order valence-corrected chi connectivity index (χ0v) is 15.6. The Labute approximate surface area is 158 Å². The third-order valence-corrected chi connectivity index (χ3v) is 5.26. The maximum atomic E-state index is 13.2. The number of aromatic nitrogens is 3. The molecule has 1 atom stereocenters. The van der Waals surface area contributed by atoms with E-state index in [-0.39, 0.29) is 39.2 Å². The Kier molecular flexibility index (Phi) is 5.02. The van der Waals surface area contributed by atoms with Crippen LogP contribution in [0, 0.1) is 0 Å². The van der Waals surface area contributed by atoms with Crippen molar-refractivity contribution in [1.82, 2.24) is 15.0 Å². The van der Waals surface area contributed by atoms with Gasteiger partial charge in [-0.15, -0.1) is 4.98 Å². The fourth-order valence-corrected chi connectivity index (χ4v) is 3.66. The first kappa shape index (κ1) is 19.7. The van der Waals surface area contributed by atoms with E-state index in [0.717, 1.165) is 0 Å². The number of amides is 1. The second kappa shape index (κ2) is 7.14. The van der Waals surface area contributed by atoms with Crippen molar-refractivity contribution in [2.45, 2.75) is 11.7 Å². The maximum Gasteiger partial charge on any atom is 0.355 e. The average Bonchev–Trinajstić information content (AvgIpc) is 2.98. The van der Waals surface area contributed by atoms with Crippen LogP contribution in [-0.4, -0.2) is 56.4 Å². The number of hydrogen-bond donors (Lipinski definition) is 0. The molecule has 28 heavy (non-hydrogen) atoms. The molecule has 150 valence electrons. The summed E-state index contributed by atoms with van der Waals surface area (Å²) in [5, 5.41) is 0. The number of rotatable bonds is 6. The van der Waals surface area contributed by atoms with Crippen molar-refractivity contribution in [3.63, 3.8) is 0 Å². The third kappa shape index (κ3) is 3.06. The summed E-state index contributed by atoms with van der Waals surface area (Å²) in [7, 11) is -1.37. The lowest BCUT2D eigenvalue weighted by Crippen LogP contribution is -2.39. The molecule has 10 nitrogen and oxygen atoms in total. The van der Waals surface area contributed by atoms with Crippen molar-refractivity contribution in [2.75, 3.05) is 25.6 Å². The van der Waals surface area contributed by atoms with Crippen molar-refractivity contribution in [3.05, 3.63) is 29.6 Å². The minimum Gasteiger partial charge on any atom is -0.497 e. The summed E-state index contributed by atoms with van der Waals surface area (Å²) in [6, 6.07) is 3.49. The minimum absolute atomic E-state index is 0.0554. The van der Waals surface area contributed by atoms with Crippen LogP contribution in [0.5, 0.6) is 17.8 Å². The maximum absolute atomic E-state index is 13.2. The first-order chi connectivity index (χ1) is 13.2. The number of nitrogens with zero attached hydrogens (tertiary/aromatic N) is 4. The largest absolute Gasteiger partial charge is 0.497 e. The fraction of sp³-hybridized carbons (Fsp3) is 0.333. The number of alkyl halides is 2. The van der Waals surface area contributed by atoms with Gasteiger partial charge in [-0.05, 0) is 18.2 Å². The lowest BCUT2D eigenvalue weighted by Gasteiger charge is -2.17. The van der Waals surface area contributed by atoms with Crippen molar-refractivity contribution >= 4 is 21.6 Å². The Morgan fingerprint density at radius 3 is 2.14 bits per heavy atom. The first-order valence-electron chi connectivity index (χ1n) is 7.62. The van der Waals surface area contributed by atoms with E-state index in [2.05, 4.69) is 15.0 Å². The highest BCUT2D eigenvalue weighted by atomic mass is 32.2. The van der Waals surface area contributed by atoms with Gasteiger partial charge in [0, 0.05) is 5.56 Å². The predicted octanol–water partition coefficient (Wildman–Crippen LogP) is 0.928. The van der Waals surface area contributed by atoms with E-state index in [1.54, 1.807) is 0 Å². The second-order valence-corrected chi connectivity index (χ2v) is 7.18. The van der Waals surface area contributed by atoms with Gasteiger partial charge in [0.1, 0.15) is 11.7 Å². The monoisotopic (exact) mass is 416 g/mol. The van der Waals surface area contributed by atoms with Gasteiger partial charge >= 0.3 is 27.8 Å². The number of methoxy groups -OCH3 is 3. The smallest absolute Gasteiger partial charge is 0.355 e. The van der Waals surface area contributed by atoms with Crippen LogP contribution in [0.4, 0.5) is 14.5 Å². The molecule has 0 N–H and O–H groups in total. The van der Waals surface area contributed by atoms with Gasteiger partial charge in [0.15, 0.2) is 5.82 Å². The van der Waals surface area contributed by atoms with Gasteiger partial charge in [-0.3, -0.25) is 4.79 Å². The fourth-order valence-electron chi connectivity index (χ4n) is 2.70. The quantitative estimate of drug-likeness (QED) is 0.677. The molecule has 2 heterocycles. The summed E-state index contributed by atoms with van der Waals surface area (Å²) in [6.07, 6.45) is 0. The Balaban J connectivity index is 2.25. The minimum atomic E-state index is -5.26. The molecule has 13 heteroatoms. The van der Waals surface area contributed by atoms with E-state index in [9.17, 15) is 22.0 Å². The molecule has 1 amide bonds. The third-order valence-electron chi connectivity index (χ3n) is 3.93. The SMILES string of the molecule is COc1ccc2c(c1)C(c1nc(OC)nc(OC)n1)C(=O)N2S(=O)(=O)C(F)F. The van der Waals surface area contributed by atoms with E-state index < -0.39 is 27.6 Å². The van der Waals surface area contributed by atoms with E-state index in [1.807, 2.05) is 0 Å². The predicted molar refractivity (Wildman–Crippen MR) is 90.2 cm³/mol. The number of ether oxygens (including phenoxy) is 3. The standard InChI is InChI=1S/C15H14F2N4O6S/c1-25-7-4-5-9-8(6-7)10(12(22)21(9)28(23,24)13(16)17)11-18-14(26-2)20-15(19-11)27-3/h4-6,10,13H,1-3H3. The van der Waals surface area contributed by atoms with Crippen LogP contribution < -0.4 is 18.5 Å².